The van der Waals surface area contributed by atoms with Crippen molar-refractivity contribution >= 4 is 29.3 Å². The summed E-state index contributed by atoms with van der Waals surface area (Å²) < 4.78 is 0. The third-order valence-corrected chi connectivity index (χ3v) is 5.78. The second kappa shape index (κ2) is 8.43. The van der Waals surface area contributed by atoms with Crippen molar-refractivity contribution in [2.24, 2.45) is 0 Å². The van der Waals surface area contributed by atoms with Gasteiger partial charge in [0.05, 0.1) is 11.3 Å². The minimum absolute atomic E-state index is 0.105. The Morgan fingerprint density at radius 1 is 1.22 bits per heavy atom. The van der Waals surface area contributed by atoms with Crippen LogP contribution in [0.5, 0.6) is 0 Å². The molecule has 142 valence electrons. The van der Waals surface area contributed by atoms with Crippen LogP contribution in [0.1, 0.15) is 40.8 Å². The molecule has 2 heterocycles. The van der Waals surface area contributed by atoms with E-state index in [4.69, 9.17) is 0 Å². The molecule has 2 aromatic rings. The molecular formula is C20H24N4O2S. The highest BCUT2D eigenvalue weighted by atomic mass is 32.2. The molecule has 0 radical (unpaired) electrons. The van der Waals surface area contributed by atoms with Gasteiger partial charge in [0.1, 0.15) is 5.37 Å². The van der Waals surface area contributed by atoms with Crippen molar-refractivity contribution in [3.8, 4) is 0 Å². The number of hydrazine groups is 1. The number of thioether (sulfide) groups is 1. The Bertz CT molecular complexity index is 804. The van der Waals surface area contributed by atoms with Gasteiger partial charge in [0, 0.05) is 30.7 Å². The molecule has 2 amide bonds. The first-order valence-corrected chi connectivity index (χ1v) is 10.1. The first kappa shape index (κ1) is 19.2. The van der Waals surface area contributed by atoms with E-state index < -0.39 is 0 Å². The Balaban J connectivity index is 1.76. The van der Waals surface area contributed by atoms with E-state index in [0.29, 0.717) is 11.3 Å². The maximum Gasteiger partial charge on any atom is 0.271 e. The van der Waals surface area contributed by atoms with Gasteiger partial charge >= 0.3 is 0 Å². The van der Waals surface area contributed by atoms with Gasteiger partial charge in [0.25, 0.3) is 11.8 Å². The quantitative estimate of drug-likeness (QED) is 0.829. The molecule has 1 N–H and O–H groups in total. The Labute approximate surface area is 163 Å². The summed E-state index contributed by atoms with van der Waals surface area (Å²) in [6.45, 7) is 8.00. The first-order chi connectivity index (χ1) is 13.0. The van der Waals surface area contributed by atoms with E-state index in [2.05, 4.69) is 41.3 Å². The van der Waals surface area contributed by atoms with Crippen molar-refractivity contribution < 1.29 is 9.59 Å². The van der Waals surface area contributed by atoms with Crippen LogP contribution in [0.4, 0.5) is 5.69 Å². The van der Waals surface area contributed by atoms with Crippen molar-refractivity contribution in [3.63, 3.8) is 0 Å². The minimum atomic E-state index is -0.330. The van der Waals surface area contributed by atoms with Gasteiger partial charge in [-0.1, -0.05) is 12.1 Å². The van der Waals surface area contributed by atoms with Gasteiger partial charge in [-0.2, -0.15) is 0 Å². The number of carbonyl (C=O) groups is 2. The number of aromatic nitrogens is 1. The summed E-state index contributed by atoms with van der Waals surface area (Å²) in [5.41, 5.74) is 6.16. The van der Waals surface area contributed by atoms with Gasteiger partial charge in [0.15, 0.2) is 0 Å². The Hall–Kier alpha value is -2.54. The Morgan fingerprint density at radius 2 is 1.93 bits per heavy atom. The second-order valence-electron chi connectivity index (χ2n) is 6.32. The predicted molar refractivity (Wildman–Crippen MR) is 108 cm³/mol. The molecule has 1 aliphatic heterocycles. The van der Waals surface area contributed by atoms with Crippen LogP contribution < -0.4 is 10.3 Å². The second-order valence-corrected chi connectivity index (χ2v) is 7.39. The lowest BCUT2D eigenvalue weighted by Crippen LogP contribution is -2.44. The third kappa shape index (κ3) is 4.24. The Kier molecular flexibility index (Phi) is 6.01. The van der Waals surface area contributed by atoms with E-state index in [1.807, 2.05) is 19.1 Å². The van der Waals surface area contributed by atoms with Crippen molar-refractivity contribution in [2.45, 2.75) is 26.1 Å². The summed E-state index contributed by atoms with van der Waals surface area (Å²) in [6, 6.07) is 11.7. The third-order valence-electron chi connectivity index (χ3n) is 4.57. The maximum absolute atomic E-state index is 12.5. The molecule has 0 spiro atoms. The highest BCUT2D eigenvalue weighted by Gasteiger charge is 2.34. The molecule has 0 aliphatic carbocycles. The van der Waals surface area contributed by atoms with Crippen LogP contribution in [0.15, 0.2) is 42.6 Å². The summed E-state index contributed by atoms with van der Waals surface area (Å²) in [7, 11) is 0. The highest BCUT2D eigenvalue weighted by Crippen LogP contribution is 2.37. The zero-order valence-corrected chi connectivity index (χ0v) is 16.6. The zero-order chi connectivity index (χ0) is 19.4. The molecule has 1 aromatic heterocycles. The molecular weight excluding hydrogens is 360 g/mol. The molecule has 1 aromatic carbocycles. The van der Waals surface area contributed by atoms with Crippen LogP contribution in [0.3, 0.4) is 0 Å². The molecule has 1 unspecified atom stereocenters. The molecule has 0 bridgehead atoms. The number of rotatable bonds is 6. The van der Waals surface area contributed by atoms with Gasteiger partial charge in [0.2, 0.25) is 0 Å². The molecule has 27 heavy (non-hydrogen) atoms. The van der Waals surface area contributed by atoms with E-state index in [-0.39, 0.29) is 17.2 Å². The number of amides is 2. The zero-order valence-electron chi connectivity index (χ0n) is 15.8. The largest absolute Gasteiger partial charge is 0.372 e. The number of benzene rings is 1. The van der Waals surface area contributed by atoms with E-state index in [9.17, 15) is 9.59 Å². The standard InChI is InChI=1S/C20H24N4O2S/c1-4-23(5-2)17-10-8-15(9-11-17)20-24(18(25)13-27-20)22-19(26)16-7-6-14(3)21-12-16/h6-12,20H,4-5,13H2,1-3H3,(H,22,26). The lowest BCUT2D eigenvalue weighted by Gasteiger charge is -2.26. The summed E-state index contributed by atoms with van der Waals surface area (Å²) in [6.07, 6.45) is 1.52. The molecule has 7 heteroatoms. The number of hydrogen-bond acceptors (Lipinski definition) is 5. The number of aryl methyl sites for hydroxylation is 1. The van der Waals surface area contributed by atoms with E-state index in [0.717, 1.165) is 30.0 Å². The van der Waals surface area contributed by atoms with E-state index in [1.54, 1.807) is 12.1 Å². The van der Waals surface area contributed by atoms with Gasteiger partial charge in [-0.15, -0.1) is 11.8 Å². The summed E-state index contributed by atoms with van der Waals surface area (Å²) in [5, 5.41) is 1.20. The van der Waals surface area contributed by atoms with Gasteiger partial charge < -0.3 is 4.90 Å². The number of nitrogens with one attached hydrogen (secondary N) is 1. The molecule has 1 atom stereocenters. The average molecular weight is 385 g/mol. The molecule has 1 fully saturated rings. The molecule has 0 saturated carbocycles. The maximum atomic E-state index is 12.5. The van der Waals surface area contributed by atoms with Crippen LogP contribution in [0.25, 0.3) is 0 Å². The van der Waals surface area contributed by atoms with Crippen LogP contribution in [0, 0.1) is 6.92 Å². The smallest absolute Gasteiger partial charge is 0.271 e. The predicted octanol–water partition coefficient (Wildman–Crippen LogP) is 3.16. The lowest BCUT2D eigenvalue weighted by molar-refractivity contribution is -0.130. The van der Waals surface area contributed by atoms with E-state index >= 15 is 0 Å². The fourth-order valence-electron chi connectivity index (χ4n) is 3.01. The summed E-state index contributed by atoms with van der Waals surface area (Å²) >= 11 is 1.51. The number of nitrogens with zero attached hydrogens (tertiary/aromatic N) is 3. The number of pyridine rings is 1. The van der Waals surface area contributed by atoms with Gasteiger partial charge in [-0.3, -0.25) is 20.0 Å². The summed E-state index contributed by atoms with van der Waals surface area (Å²) in [5.74, 6) is -0.0936. The van der Waals surface area contributed by atoms with Gasteiger partial charge in [-0.05, 0) is 50.6 Å². The fraction of sp³-hybridized carbons (Fsp3) is 0.350. The minimum Gasteiger partial charge on any atom is -0.372 e. The van der Waals surface area contributed by atoms with Crippen LogP contribution >= 0.6 is 11.8 Å². The van der Waals surface area contributed by atoms with Crippen molar-refractivity contribution in [1.82, 2.24) is 15.4 Å². The van der Waals surface area contributed by atoms with Crippen LogP contribution in [0.2, 0.25) is 0 Å². The monoisotopic (exact) mass is 384 g/mol. The topological polar surface area (TPSA) is 65.5 Å². The van der Waals surface area contributed by atoms with Crippen molar-refractivity contribution in [3.05, 3.63) is 59.4 Å². The first-order valence-electron chi connectivity index (χ1n) is 9.05. The lowest BCUT2D eigenvalue weighted by atomic mass is 10.2. The van der Waals surface area contributed by atoms with Crippen LogP contribution in [-0.4, -0.2) is 40.6 Å². The normalized spacial score (nSPS) is 16.5. The SMILES string of the molecule is CCN(CC)c1ccc(C2SCC(=O)N2NC(=O)c2ccc(C)nc2)cc1. The molecule has 6 nitrogen and oxygen atoms in total. The number of anilines is 1. The van der Waals surface area contributed by atoms with Gasteiger partial charge in [-0.25, -0.2) is 5.01 Å². The fourth-order valence-corrected chi connectivity index (χ4v) is 4.11. The van der Waals surface area contributed by atoms with Crippen molar-refractivity contribution in [1.29, 1.82) is 0 Å². The summed E-state index contributed by atoms with van der Waals surface area (Å²) in [4.78, 5) is 31.2. The molecule has 1 saturated heterocycles. The van der Waals surface area contributed by atoms with E-state index in [1.165, 1.54) is 23.0 Å². The highest BCUT2D eigenvalue weighted by molar-refractivity contribution is 8.00. The van der Waals surface area contributed by atoms with Crippen LogP contribution in [-0.2, 0) is 4.79 Å². The average Bonchev–Trinajstić information content (AvgIpc) is 3.04. The van der Waals surface area contributed by atoms with Crippen molar-refractivity contribution in [2.75, 3.05) is 23.7 Å². The Morgan fingerprint density at radius 3 is 2.52 bits per heavy atom. The number of hydrogen-bond donors (Lipinski definition) is 1. The molecule has 3 rings (SSSR count). The number of carbonyl (C=O) groups excluding carboxylic acids is 2. The molecule has 1 aliphatic rings.